The molecule has 0 spiro atoms. The van der Waals surface area contributed by atoms with E-state index in [1.807, 2.05) is 31.2 Å². The number of nitrogens with two attached hydrogens (primary N) is 1. The summed E-state index contributed by atoms with van der Waals surface area (Å²) in [6.07, 6.45) is 0. The molecule has 2 aromatic carbocycles. The fraction of sp³-hybridized carbons (Fsp3) is 0.0769. The number of nitrogens with zero attached hydrogens (tertiary/aromatic N) is 2. The summed E-state index contributed by atoms with van der Waals surface area (Å²) in [5.41, 5.74) is 6.96. The molecule has 0 radical (unpaired) electrons. The molecule has 0 aliphatic carbocycles. The van der Waals surface area contributed by atoms with Crippen molar-refractivity contribution in [1.29, 1.82) is 0 Å². The normalized spacial score (nSPS) is 9.25. The number of rotatable bonds is 2. The monoisotopic (exact) mass is 275 g/mol. The fourth-order valence-corrected chi connectivity index (χ4v) is 1.29. The lowest BCUT2D eigenvalue weighted by Gasteiger charge is -1.90. The van der Waals surface area contributed by atoms with Crippen LogP contribution in [0.3, 0.4) is 0 Å². The highest BCUT2D eigenvalue weighted by Crippen LogP contribution is 2.18. The van der Waals surface area contributed by atoms with E-state index in [0.717, 1.165) is 11.8 Å². The van der Waals surface area contributed by atoms with Crippen LogP contribution in [0.5, 0.6) is 0 Å². The minimum absolute atomic E-state index is 0.274. The van der Waals surface area contributed by atoms with Gasteiger partial charge in [0.05, 0.1) is 15.9 Å². The number of hydrogen-bond donors (Lipinski definition) is 1. The molecule has 0 aliphatic heterocycles. The maximum Gasteiger partial charge on any atom is 0.276 e. The van der Waals surface area contributed by atoms with Gasteiger partial charge in [0.1, 0.15) is 0 Å². The maximum absolute atomic E-state index is 10.2. The van der Waals surface area contributed by atoms with Crippen LogP contribution in [0.1, 0.15) is 5.56 Å². The third kappa shape index (κ3) is 4.73. The van der Waals surface area contributed by atoms with Gasteiger partial charge in [-0.1, -0.05) is 17.7 Å². The number of nitrogen functional groups attached to an aromatic ring is 1. The molecule has 104 valence electrons. The SMILES string of the molecule is Cc1ccc(N)cc1.O=[N+]([O-])c1cccc([N+](=O)[O-])c1. The van der Waals surface area contributed by atoms with Crippen LogP contribution in [0.15, 0.2) is 48.5 Å². The highest BCUT2D eigenvalue weighted by atomic mass is 16.6. The zero-order valence-corrected chi connectivity index (χ0v) is 10.7. The summed E-state index contributed by atoms with van der Waals surface area (Å²) in [7, 11) is 0. The number of benzene rings is 2. The maximum atomic E-state index is 10.2. The molecular formula is C13H13N3O4. The summed E-state index contributed by atoms with van der Waals surface area (Å²) >= 11 is 0. The van der Waals surface area contributed by atoms with Gasteiger partial charge in [0.2, 0.25) is 0 Å². The van der Waals surface area contributed by atoms with Gasteiger partial charge in [0, 0.05) is 17.8 Å². The molecule has 0 unspecified atom stereocenters. The summed E-state index contributed by atoms with van der Waals surface area (Å²) in [6.45, 7) is 2.04. The van der Waals surface area contributed by atoms with Crippen molar-refractivity contribution in [3.63, 3.8) is 0 Å². The third-order valence-electron chi connectivity index (χ3n) is 2.33. The fourth-order valence-electron chi connectivity index (χ4n) is 1.29. The van der Waals surface area contributed by atoms with Crippen molar-refractivity contribution in [1.82, 2.24) is 0 Å². The van der Waals surface area contributed by atoms with Crippen LogP contribution >= 0.6 is 0 Å². The molecule has 2 aromatic rings. The molecule has 7 nitrogen and oxygen atoms in total. The minimum Gasteiger partial charge on any atom is -0.399 e. The van der Waals surface area contributed by atoms with Crippen LogP contribution in [0.2, 0.25) is 0 Å². The van der Waals surface area contributed by atoms with Crippen LogP contribution in [0.25, 0.3) is 0 Å². The van der Waals surface area contributed by atoms with Crippen molar-refractivity contribution in [2.24, 2.45) is 0 Å². The van der Waals surface area contributed by atoms with E-state index in [1.54, 1.807) is 0 Å². The predicted octanol–water partition coefficient (Wildman–Crippen LogP) is 3.08. The van der Waals surface area contributed by atoms with Crippen LogP contribution in [0, 0.1) is 27.2 Å². The Labute approximate surface area is 115 Å². The van der Waals surface area contributed by atoms with E-state index < -0.39 is 9.85 Å². The first-order chi connectivity index (χ1) is 9.40. The largest absolute Gasteiger partial charge is 0.399 e. The molecule has 20 heavy (non-hydrogen) atoms. The van der Waals surface area contributed by atoms with E-state index in [1.165, 1.54) is 23.8 Å². The van der Waals surface area contributed by atoms with Crippen molar-refractivity contribution in [2.75, 3.05) is 5.73 Å². The Morgan fingerprint density at radius 3 is 1.70 bits per heavy atom. The number of anilines is 1. The number of non-ortho nitro benzene ring substituents is 2. The zero-order chi connectivity index (χ0) is 15.1. The molecule has 0 bridgehead atoms. The van der Waals surface area contributed by atoms with Gasteiger partial charge in [-0.2, -0.15) is 0 Å². The van der Waals surface area contributed by atoms with Crippen LogP contribution in [-0.4, -0.2) is 9.85 Å². The Hall–Kier alpha value is -2.96. The van der Waals surface area contributed by atoms with E-state index in [4.69, 9.17) is 5.73 Å². The van der Waals surface area contributed by atoms with Gasteiger partial charge in [-0.15, -0.1) is 0 Å². The molecule has 0 atom stereocenters. The standard InChI is InChI=1S/C7H9N.C6H4N2O4/c1-6-2-4-7(8)5-3-6;9-7(10)5-2-1-3-6(4-5)8(11)12/h2-5H,8H2,1H3;1-4H. The van der Waals surface area contributed by atoms with Crippen LogP contribution in [0.4, 0.5) is 17.1 Å². The molecule has 0 fully saturated rings. The van der Waals surface area contributed by atoms with Crippen LogP contribution in [-0.2, 0) is 0 Å². The van der Waals surface area contributed by atoms with Gasteiger partial charge in [-0.3, -0.25) is 20.2 Å². The molecule has 0 aromatic heterocycles. The lowest BCUT2D eigenvalue weighted by Crippen LogP contribution is -1.91. The van der Waals surface area contributed by atoms with Gasteiger partial charge < -0.3 is 5.73 Å². The van der Waals surface area contributed by atoms with Crippen molar-refractivity contribution >= 4 is 17.1 Å². The average molecular weight is 275 g/mol. The zero-order valence-electron chi connectivity index (χ0n) is 10.7. The molecule has 2 N–H and O–H groups in total. The molecule has 0 heterocycles. The summed E-state index contributed by atoms with van der Waals surface area (Å²) < 4.78 is 0. The van der Waals surface area contributed by atoms with Gasteiger partial charge in [-0.25, -0.2) is 0 Å². The second-order valence-corrected chi connectivity index (χ2v) is 3.94. The summed E-state index contributed by atoms with van der Waals surface area (Å²) in [5, 5.41) is 20.3. The number of hydrogen-bond acceptors (Lipinski definition) is 5. The predicted molar refractivity (Wildman–Crippen MR) is 75.3 cm³/mol. The Kier molecular flexibility index (Phi) is 5.16. The van der Waals surface area contributed by atoms with Crippen molar-refractivity contribution < 1.29 is 9.85 Å². The Balaban J connectivity index is 0.000000217. The molecule has 0 saturated heterocycles. The highest BCUT2D eigenvalue weighted by molar-refractivity contribution is 5.42. The highest BCUT2D eigenvalue weighted by Gasteiger charge is 2.11. The Morgan fingerprint density at radius 1 is 0.900 bits per heavy atom. The lowest BCUT2D eigenvalue weighted by molar-refractivity contribution is -0.394. The number of nitro groups is 2. The molecule has 0 amide bonds. The minimum atomic E-state index is -0.674. The van der Waals surface area contributed by atoms with Crippen LogP contribution < -0.4 is 5.73 Å². The molecule has 0 saturated carbocycles. The number of nitro benzene ring substituents is 2. The second kappa shape index (κ2) is 6.83. The summed E-state index contributed by atoms with van der Waals surface area (Å²) in [4.78, 5) is 19.0. The van der Waals surface area contributed by atoms with E-state index in [9.17, 15) is 20.2 Å². The quantitative estimate of drug-likeness (QED) is 0.514. The molecule has 7 heteroatoms. The number of aryl methyl sites for hydroxylation is 1. The van der Waals surface area contributed by atoms with E-state index >= 15 is 0 Å². The van der Waals surface area contributed by atoms with Gasteiger partial charge in [-0.05, 0) is 25.1 Å². The first kappa shape index (κ1) is 15.1. The smallest absolute Gasteiger partial charge is 0.276 e. The van der Waals surface area contributed by atoms with Crippen molar-refractivity contribution in [3.8, 4) is 0 Å². The Morgan fingerprint density at radius 2 is 1.35 bits per heavy atom. The average Bonchev–Trinajstić information content (AvgIpc) is 2.43. The van der Waals surface area contributed by atoms with Gasteiger partial charge in [0.15, 0.2) is 0 Å². The summed E-state index contributed by atoms with van der Waals surface area (Å²) in [6, 6.07) is 12.4. The van der Waals surface area contributed by atoms with E-state index in [-0.39, 0.29) is 11.4 Å². The first-order valence-electron chi connectivity index (χ1n) is 5.61. The van der Waals surface area contributed by atoms with Crippen molar-refractivity contribution in [3.05, 3.63) is 74.3 Å². The third-order valence-corrected chi connectivity index (χ3v) is 2.33. The van der Waals surface area contributed by atoms with E-state index in [2.05, 4.69) is 0 Å². The van der Waals surface area contributed by atoms with Crippen molar-refractivity contribution in [2.45, 2.75) is 6.92 Å². The summed E-state index contributed by atoms with van der Waals surface area (Å²) in [5.74, 6) is 0. The second-order valence-electron chi connectivity index (χ2n) is 3.94. The first-order valence-corrected chi connectivity index (χ1v) is 5.61. The molecular weight excluding hydrogens is 262 g/mol. The van der Waals surface area contributed by atoms with Gasteiger partial charge >= 0.3 is 0 Å². The topological polar surface area (TPSA) is 112 Å². The molecule has 2 rings (SSSR count). The lowest BCUT2D eigenvalue weighted by atomic mass is 10.2. The van der Waals surface area contributed by atoms with Gasteiger partial charge in [0.25, 0.3) is 11.4 Å². The molecule has 0 aliphatic rings. The Bertz CT molecular complexity index is 561. The van der Waals surface area contributed by atoms with E-state index in [0.29, 0.717) is 0 Å².